The van der Waals surface area contributed by atoms with Crippen LogP contribution >= 0.6 is 0 Å². The van der Waals surface area contributed by atoms with Crippen molar-refractivity contribution in [3.63, 3.8) is 0 Å². The van der Waals surface area contributed by atoms with E-state index in [0.717, 1.165) is 16.8 Å². The second-order valence-corrected chi connectivity index (χ2v) is 5.12. The second-order valence-electron chi connectivity index (χ2n) is 5.12. The molecule has 0 saturated carbocycles. The van der Waals surface area contributed by atoms with Crippen LogP contribution in [0.1, 0.15) is 45.7 Å². The van der Waals surface area contributed by atoms with Gasteiger partial charge in [-0.15, -0.1) is 0 Å². The van der Waals surface area contributed by atoms with E-state index >= 15 is 0 Å². The maximum atomic E-state index is 4.51. The van der Waals surface area contributed by atoms with Gasteiger partial charge in [0.05, 0.1) is 5.69 Å². The molecule has 0 fully saturated rings. The maximum Gasteiger partial charge on any atom is 0.0737 e. The Morgan fingerprint density at radius 2 is 1.94 bits per heavy atom. The summed E-state index contributed by atoms with van der Waals surface area (Å²) in [6, 6.07) is 6.31. The van der Waals surface area contributed by atoms with Gasteiger partial charge in [-0.05, 0) is 30.4 Å². The first-order valence-corrected chi connectivity index (χ1v) is 5.66. The lowest BCUT2D eigenvalue weighted by atomic mass is 9.84. The summed E-state index contributed by atoms with van der Waals surface area (Å²) >= 11 is 0. The van der Waals surface area contributed by atoms with Gasteiger partial charge in [-0.2, -0.15) is 0 Å². The number of allylic oxidation sites excluding steroid dienone is 1. The van der Waals surface area contributed by atoms with Gasteiger partial charge in [-0.25, -0.2) is 0 Å². The number of hydrogen-bond acceptors (Lipinski definition) is 1. The molecule has 0 unspecified atom stereocenters. The summed E-state index contributed by atoms with van der Waals surface area (Å²) < 4.78 is 0. The highest BCUT2D eigenvalue weighted by Gasteiger charge is 2.19. The Balaban J connectivity index is 3.51. The molecule has 0 atom stereocenters. The molecule has 0 bridgehead atoms. The van der Waals surface area contributed by atoms with Crippen LogP contribution in [0.25, 0.3) is 5.57 Å². The molecule has 0 amide bonds. The molecule has 0 saturated heterocycles. The average Bonchev–Trinajstić information content (AvgIpc) is 2.16. The van der Waals surface area contributed by atoms with E-state index in [1.165, 1.54) is 5.56 Å². The van der Waals surface area contributed by atoms with E-state index in [1.54, 1.807) is 0 Å². The van der Waals surface area contributed by atoms with Crippen LogP contribution in [-0.2, 0) is 5.41 Å². The first-order chi connectivity index (χ1) is 7.38. The van der Waals surface area contributed by atoms with Gasteiger partial charge in [0, 0.05) is 11.8 Å². The number of hydrogen-bond donors (Lipinski definition) is 0. The number of para-hydroxylation sites is 1. The standard InChI is InChI=1S/C15H21N/c1-7-16-14-12(11(2)3)9-8-10-13(14)15(4,5)6/h7-10H,2H2,1,3-6H3. The molecular weight excluding hydrogens is 194 g/mol. The molecule has 0 aromatic heterocycles. The van der Waals surface area contributed by atoms with E-state index in [-0.39, 0.29) is 5.41 Å². The largest absolute Gasteiger partial charge is 0.261 e. The summed E-state index contributed by atoms with van der Waals surface area (Å²) in [6.45, 7) is 14.6. The highest BCUT2D eigenvalue weighted by molar-refractivity contribution is 5.77. The third-order valence-corrected chi connectivity index (χ3v) is 2.56. The van der Waals surface area contributed by atoms with Gasteiger partial charge in [-0.1, -0.05) is 45.5 Å². The lowest BCUT2D eigenvalue weighted by Crippen LogP contribution is -2.11. The topological polar surface area (TPSA) is 12.4 Å². The predicted molar refractivity (Wildman–Crippen MR) is 73.7 cm³/mol. The summed E-state index contributed by atoms with van der Waals surface area (Å²) in [5.41, 5.74) is 4.64. The van der Waals surface area contributed by atoms with E-state index in [2.05, 4.69) is 50.5 Å². The molecule has 0 N–H and O–H groups in total. The number of aliphatic imine (C=N–C) groups is 1. The summed E-state index contributed by atoms with van der Waals surface area (Å²) in [4.78, 5) is 4.51. The predicted octanol–water partition coefficient (Wildman–Crippen LogP) is 4.74. The van der Waals surface area contributed by atoms with Crippen LogP contribution in [0.15, 0.2) is 29.8 Å². The molecule has 1 aromatic rings. The minimum atomic E-state index is 0.104. The molecule has 16 heavy (non-hydrogen) atoms. The molecule has 0 aliphatic carbocycles. The van der Waals surface area contributed by atoms with Crippen molar-refractivity contribution in [1.29, 1.82) is 0 Å². The Morgan fingerprint density at radius 1 is 1.31 bits per heavy atom. The molecule has 0 aliphatic heterocycles. The molecule has 0 heterocycles. The fourth-order valence-electron chi connectivity index (χ4n) is 1.76. The van der Waals surface area contributed by atoms with Gasteiger partial charge < -0.3 is 0 Å². The molecule has 0 radical (unpaired) electrons. The van der Waals surface area contributed by atoms with Crippen LogP contribution in [0.3, 0.4) is 0 Å². The average molecular weight is 215 g/mol. The van der Waals surface area contributed by atoms with Crippen molar-refractivity contribution in [2.45, 2.75) is 40.0 Å². The minimum Gasteiger partial charge on any atom is -0.261 e. The van der Waals surface area contributed by atoms with Crippen LogP contribution in [0.5, 0.6) is 0 Å². The number of rotatable bonds is 2. The molecule has 1 nitrogen and oxygen atoms in total. The molecule has 1 heteroatoms. The third kappa shape index (κ3) is 2.60. The molecule has 1 rings (SSSR count). The molecule has 0 spiro atoms. The fourth-order valence-corrected chi connectivity index (χ4v) is 1.76. The van der Waals surface area contributed by atoms with Crippen molar-refractivity contribution in [1.82, 2.24) is 0 Å². The van der Waals surface area contributed by atoms with Gasteiger partial charge in [0.1, 0.15) is 0 Å². The Morgan fingerprint density at radius 3 is 2.38 bits per heavy atom. The summed E-state index contributed by atoms with van der Waals surface area (Å²) in [5.74, 6) is 0. The first kappa shape index (κ1) is 12.7. The van der Waals surface area contributed by atoms with Gasteiger partial charge in [0.2, 0.25) is 0 Å². The molecule has 1 aromatic carbocycles. The van der Waals surface area contributed by atoms with E-state index in [4.69, 9.17) is 0 Å². The van der Waals surface area contributed by atoms with Gasteiger partial charge in [0.15, 0.2) is 0 Å². The number of nitrogens with zero attached hydrogens (tertiary/aromatic N) is 1. The van der Waals surface area contributed by atoms with Crippen molar-refractivity contribution in [2.75, 3.05) is 0 Å². The molecule has 86 valence electrons. The Kier molecular flexibility index (Phi) is 3.69. The smallest absolute Gasteiger partial charge is 0.0737 e. The van der Waals surface area contributed by atoms with Crippen molar-refractivity contribution >= 4 is 17.5 Å². The van der Waals surface area contributed by atoms with E-state index in [0.29, 0.717) is 0 Å². The van der Waals surface area contributed by atoms with Crippen LogP contribution in [0.2, 0.25) is 0 Å². The Bertz CT molecular complexity index is 420. The second kappa shape index (κ2) is 4.65. The summed E-state index contributed by atoms with van der Waals surface area (Å²) in [5, 5.41) is 0. The Labute approximate surface area is 98.9 Å². The van der Waals surface area contributed by atoms with Crippen molar-refractivity contribution in [2.24, 2.45) is 4.99 Å². The van der Waals surface area contributed by atoms with Crippen LogP contribution in [-0.4, -0.2) is 6.21 Å². The third-order valence-electron chi connectivity index (χ3n) is 2.56. The first-order valence-electron chi connectivity index (χ1n) is 5.66. The highest BCUT2D eigenvalue weighted by atomic mass is 14.7. The van der Waals surface area contributed by atoms with Crippen LogP contribution < -0.4 is 0 Å². The van der Waals surface area contributed by atoms with Crippen LogP contribution in [0, 0.1) is 0 Å². The van der Waals surface area contributed by atoms with Crippen molar-refractivity contribution in [3.05, 3.63) is 35.9 Å². The monoisotopic (exact) mass is 215 g/mol. The van der Waals surface area contributed by atoms with E-state index < -0.39 is 0 Å². The van der Waals surface area contributed by atoms with Gasteiger partial charge in [0.25, 0.3) is 0 Å². The molecule has 0 aliphatic rings. The quantitative estimate of drug-likeness (QED) is 0.632. The van der Waals surface area contributed by atoms with Crippen molar-refractivity contribution < 1.29 is 0 Å². The minimum absolute atomic E-state index is 0.104. The number of benzene rings is 1. The zero-order chi connectivity index (χ0) is 12.3. The SMILES string of the molecule is C=C(C)c1cccc(C(C)(C)C)c1N=CC. The summed E-state index contributed by atoms with van der Waals surface area (Å²) in [7, 11) is 0. The van der Waals surface area contributed by atoms with Crippen molar-refractivity contribution in [3.8, 4) is 0 Å². The zero-order valence-corrected chi connectivity index (χ0v) is 11.0. The van der Waals surface area contributed by atoms with E-state index in [9.17, 15) is 0 Å². The van der Waals surface area contributed by atoms with E-state index in [1.807, 2.05) is 20.1 Å². The maximum absolute atomic E-state index is 4.51. The normalized spacial score (nSPS) is 12.1. The summed E-state index contributed by atoms with van der Waals surface area (Å²) in [6.07, 6.45) is 1.84. The molecular formula is C15H21N. The fraction of sp³-hybridized carbons (Fsp3) is 0.400. The van der Waals surface area contributed by atoms with Crippen LogP contribution in [0.4, 0.5) is 5.69 Å². The highest BCUT2D eigenvalue weighted by Crippen LogP contribution is 2.36. The van der Waals surface area contributed by atoms with Gasteiger partial charge in [-0.3, -0.25) is 4.99 Å². The lowest BCUT2D eigenvalue weighted by Gasteiger charge is -2.23. The Hall–Kier alpha value is -1.37. The zero-order valence-electron chi connectivity index (χ0n) is 11.0. The lowest BCUT2D eigenvalue weighted by molar-refractivity contribution is 0.591. The van der Waals surface area contributed by atoms with Gasteiger partial charge >= 0.3 is 0 Å².